The van der Waals surface area contributed by atoms with Crippen LogP contribution in [0.15, 0.2) is 23.7 Å². The molecule has 0 aliphatic carbocycles. The number of hydrogen-bond acceptors (Lipinski definition) is 3. The van der Waals surface area contributed by atoms with Gasteiger partial charge in [0.15, 0.2) is 0 Å². The van der Waals surface area contributed by atoms with Crippen LogP contribution in [-0.4, -0.2) is 28.0 Å². The van der Waals surface area contributed by atoms with Crippen LogP contribution in [0.5, 0.6) is 0 Å². The molecule has 0 saturated heterocycles. The van der Waals surface area contributed by atoms with Crippen molar-refractivity contribution in [3.63, 3.8) is 0 Å². The van der Waals surface area contributed by atoms with Crippen LogP contribution in [0, 0.1) is 0 Å². The molecule has 2 heterocycles. The lowest BCUT2D eigenvalue weighted by Gasteiger charge is -2.15. The van der Waals surface area contributed by atoms with Crippen LogP contribution in [0.1, 0.15) is 19.8 Å². The molecule has 0 aromatic carbocycles. The molecule has 0 saturated carbocycles. The average Bonchev–Trinajstić information content (AvgIpc) is 2.76. The number of amidine groups is 1. The summed E-state index contributed by atoms with van der Waals surface area (Å²) in [5, 5.41) is 3.42. The summed E-state index contributed by atoms with van der Waals surface area (Å²) in [6, 6.07) is 0.418. The molecule has 1 aliphatic rings. The van der Waals surface area contributed by atoms with E-state index in [1.54, 1.807) is 6.20 Å². The van der Waals surface area contributed by atoms with Gasteiger partial charge in [0, 0.05) is 37.9 Å². The van der Waals surface area contributed by atoms with Gasteiger partial charge in [0.25, 0.3) is 0 Å². The van der Waals surface area contributed by atoms with E-state index < -0.39 is 0 Å². The number of imidazole rings is 1. The third-order valence-corrected chi connectivity index (χ3v) is 2.33. The molecule has 0 amide bonds. The van der Waals surface area contributed by atoms with E-state index in [2.05, 4.69) is 26.8 Å². The molecular weight excluding hydrogens is 176 g/mol. The number of hydrogen-bond donors (Lipinski definition) is 1. The van der Waals surface area contributed by atoms with E-state index in [9.17, 15) is 0 Å². The summed E-state index contributed by atoms with van der Waals surface area (Å²) in [4.78, 5) is 8.40. The lowest BCUT2D eigenvalue weighted by Crippen LogP contribution is -2.34. The highest BCUT2D eigenvalue weighted by molar-refractivity contribution is 5.83. The lowest BCUT2D eigenvalue weighted by atomic mass is 10.3. The van der Waals surface area contributed by atoms with Crippen molar-refractivity contribution in [2.75, 3.05) is 6.54 Å². The van der Waals surface area contributed by atoms with E-state index in [1.807, 2.05) is 12.5 Å². The van der Waals surface area contributed by atoms with Crippen LogP contribution in [0.25, 0.3) is 0 Å². The number of nitrogens with zero attached hydrogens (tertiary/aromatic N) is 3. The van der Waals surface area contributed by atoms with Gasteiger partial charge >= 0.3 is 0 Å². The fourth-order valence-corrected chi connectivity index (χ4v) is 1.70. The van der Waals surface area contributed by atoms with E-state index in [0.717, 1.165) is 25.3 Å². The second-order valence-electron chi connectivity index (χ2n) is 3.74. The second kappa shape index (κ2) is 4.26. The summed E-state index contributed by atoms with van der Waals surface area (Å²) >= 11 is 0. The fraction of sp³-hybridized carbons (Fsp3) is 0.600. The largest absolute Gasteiger partial charge is 0.370 e. The van der Waals surface area contributed by atoms with E-state index in [-0.39, 0.29) is 0 Å². The fourth-order valence-electron chi connectivity index (χ4n) is 1.70. The molecule has 4 nitrogen and oxygen atoms in total. The number of nitrogens with one attached hydrogen (secondary N) is 1. The normalized spacial score (nSPS) is 17.9. The van der Waals surface area contributed by atoms with Crippen molar-refractivity contribution in [2.45, 2.75) is 32.4 Å². The first-order chi connectivity index (χ1) is 6.84. The zero-order valence-corrected chi connectivity index (χ0v) is 8.48. The molecule has 1 aliphatic heterocycles. The van der Waals surface area contributed by atoms with Gasteiger partial charge < -0.3 is 9.88 Å². The second-order valence-corrected chi connectivity index (χ2v) is 3.74. The Balaban J connectivity index is 1.81. The molecule has 1 aromatic rings. The summed E-state index contributed by atoms with van der Waals surface area (Å²) in [6.07, 6.45) is 7.93. The molecule has 1 aromatic heterocycles. The Hall–Kier alpha value is -1.32. The first kappa shape index (κ1) is 9.24. The van der Waals surface area contributed by atoms with Gasteiger partial charge in [0.1, 0.15) is 0 Å². The Kier molecular flexibility index (Phi) is 2.81. The summed E-state index contributed by atoms with van der Waals surface area (Å²) in [7, 11) is 0. The highest BCUT2D eigenvalue weighted by Gasteiger charge is 2.09. The maximum absolute atomic E-state index is 4.39. The monoisotopic (exact) mass is 192 g/mol. The minimum atomic E-state index is 0.418. The first-order valence-electron chi connectivity index (χ1n) is 5.10. The van der Waals surface area contributed by atoms with Crippen molar-refractivity contribution in [2.24, 2.45) is 4.99 Å². The molecular formula is C10H16N4. The minimum Gasteiger partial charge on any atom is -0.370 e. The van der Waals surface area contributed by atoms with E-state index in [1.165, 1.54) is 6.42 Å². The standard InChI is InChI=1S/C10H16N4/c1-9(7-14-6-5-11-8-14)13-10-3-2-4-12-10/h5-6,8-9H,2-4,7H2,1H3,(H,12,13). The van der Waals surface area contributed by atoms with Crippen molar-refractivity contribution in [1.29, 1.82) is 0 Å². The van der Waals surface area contributed by atoms with E-state index in [0.29, 0.717) is 6.04 Å². The molecule has 0 bridgehead atoms. The Morgan fingerprint density at radius 3 is 3.21 bits per heavy atom. The van der Waals surface area contributed by atoms with Crippen molar-refractivity contribution in [3.8, 4) is 0 Å². The van der Waals surface area contributed by atoms with Crippen LogP contribution in [0.3, 0.4) is 0 Å². The van der Waals surface area contributed by atoms with Gasteiger partial charge in [-0.2, -0.15) is 0 Å². The Labute approximate surface area is 84.1 Å². The summed E-state index contributed by atoms with van der Waals surface area (Å²) in [6.45, 7) is 4.10. The zero-order chi connectivity index (χ0) is 9.80. The van der Waals surface area contributed by atoms with E-state index in [4.69, 9.17) is 0 Å². The SMILES string of the molecule is CC(Cn1ccnc1)NC1=NCCC1. The van der Waals surface area contributed by atoms with Crippen molar-refractivity contribution in [1.82, 2.24) is 14.9 Å². The van der Waals surface area contributed by atoms with Crippen LogP contribution < -0.4 is 5.32 Å². The van der Waals surface area contributed by atoms with Gasteiger partial charge in [-0.25, -0.2) is 4.98 Å². The molecule has 2 rings (SSSR count). The predicted octanol–water partition coefficient (Wildman–Crippen LogP) is 1.05. The molecule has 1 N–H and O–H groups in total. The summed E-state index contributed by atoms with van der Waals surface area (Å²) in [5.74, 6) is 1.16. The first-order valence-corrected chi connectivity index (χ1v) is 5.10. The van der Waals surface area contributed by atoms with Crippen LogP contribution in [-0.2, 0) is 6.54 Å². The topological polar surface area (TPSA) is 42.2 Å². The van der Waals surface area contributed by atoms with E-state index >= 15 is 0 Å². The quantitative estimate of drug-likeness (QED) is 0.778. The van der Waals surface area contributed by atoms with Gasteiger partial charge in [-0.15, -0.1) is 0 Å². The van der Waals surface area contributed by atoms with Gasteiger partial charge in [-0.1, -0.05) is 0 Å². The number of rotatable bonds is 3. The van der Waals surface area contributed by atoms with Gasteiger partial charge in [-0.05, 0) is 13.3 Å². The maximum Gasteiger partial charge on any atom is 0.0966 e. The average molecular weight is 192 g/mol. The van der Waals surface area contributed by atoms with Crippen molar-refractivity contribution < 1.29 is 0 Å². The zero-order valence-electron chi connectivity index (χ0n) is 8.48. The predicted molar refractivity (Wildman–Crippen MR) is 56.4 cm³/mol. The molecule has 14 heavy (non-hydrogen) atoms. The highest BCUT2D eigenvalue weighted by Crippen LogP contribution is 2.02. The molecule has 1 atom stereocenters. The smallest absolute Gasteiger partial charge is 0.0966 e. The number of aromatic nitrogens is 2. The summed E-state index contributed by atoms with van der Waals surface area (Å²) in [5.41, 5.74) is 0. The van der Waals surface area contributed by atoms with Crippen LogP contribution in [0.2, 0.25) is 0 Å². The molecule has 1 unspecified atom stereocenters. The lowest BCUT2D eigenvalue weighted by molar-refractivity contribution is 0.543. The Morgan fingerprint density at radius 2 is 2.57 bits per heavy atom. The van der Waals surface area contributed by atoms with Crippen molar-refractivity contribution in [3.05, 3.63) is 18.7 Å². The molecule has 4 heteroatoms. The third-order valence-electron chi connectivity index (χ3n) is 2.33. The molecule has 76 valence electrons. The maximum atomic E-state index is 4.39. The Morgan fingerprint density at radius 1 is 1.64 bits per heavy atom. The number of aliphatic imine (C=N–C) groups is 1. The Bertz CT molecular complexity index is 302. The van der Waals surface area contributed by atoms with Gasteiger partial charge in [0.2, 0.25) is 0 Å². The third kappa shape index (κ3) is 2.34. The van der Waals surface area contributed by atoms with Gasteiger partial charge in [-0.3, -0.25) is 4.99 Å². The molecule has 0 radical (unpaired) electrons. The van der Waals surface area contributed by atoms with Crippen LogP contribution >= 0.6 is 0 Å². The van der Waals surface area contributed by atoms with Crippen molar-refractivity contribution >= 4 is 5.84 Å². The highest BCUT2D eigenvalue weighted by atomic mass is 15.1. The minimum absolute atomic E-state index is 0.418. The van der Waals surface area contributed by atoms with Gasteiger partial charge in [0.05, 0.1) is 12.2 Å². The summed E-state index contributed by atoms with van der Waals surface area (Å²) < 4.78 is 2.08. The van der Waals surface area contributed by atoms with Crippen LogP contribution in [0.4, 0.5) is 0 Å². The molecule has 0 fully saturated rings. The molecule has 0 spiro atoms.